The van der Waals surface area contributed by atoms with Crippen LogP contribution in [-0.2, 0) is 0 Å². The lowest BCUT2D eigenvalue weighted by molar-refractivity contribution is -0.384. The number of rotatable bonds is 3. The van der Waals surface area contributed by atoms with Crippen LogP contribution < -0.4 is 0 Å². The average Bonchev–Trinajstić information content (AvgIpc) is 2.93. The zero-order chi connectivity index (χ0) is 14.8. The van der Waals surface area contributed by atoms with Crippen molar-refractivity contribution in [2.24, 2.45) is 4.99 Å². The number of nitro benzene ring substituents is 1. The van der Waals surface area contributed by atoms with Gasteiger partial charge in [0.15, 0.2) is 0 Å². The molecular weight excluding hydrogens is 272 g/mol. The third kappa shape index (κ3) is 2.57. The molecule has 0 saturated carbocycles. The van der Waals surface area contributed by atoms with Crippen molar-refractivity contribution in [1.82, 2.24) is 9.97 Å². The van der Waals surface area contributed by atoms with E-state index >= 15 is 0 Å². The fourth-order valence-electron chi connectivity index (χ4n) is 1.91. The monoisotopic (exact) mass is 282 g/mol. The highest BCUT2D eigenvalue weighted by molar-refractivity contribution is 5.87. The quantitative estimate of drug-likeness (QED) is 0.437. The van der Waals surface area contributed by atoms with Gasteiger partial charge >= 0.3 is 0 Å². The third-order valence-electron chi connectivity index (χ3n) is 2.98. The predicted molar refractivity (Wildman–Crippen MR) is 78.1 cm³/mol. The standard InChI is InChI=1S/C14H10N4O3/c19-14-4-2-11(18(20)21)5-9(14)7-15-10-1-3-12-13(6-10)17-8-16-12/h1-8,19H,(H,16,17). The molecule has 104 valence electrons. The normalized spacial score (nSPS) is 11.2. The summed E-state index contributed by atoms with van der Waals surface area (Å²) in [6.45, 7) is 0. The van der Waals surface area contributed by atoms with E-state index in [9.17, 15) is 15.2 Å². The zero-order valence-corrected chi connectivity index (χ0v) is 10.7. The van der Waals surface area contributed by atoms with Gasteiger partial charge in [0.2, 0.25) is 0 Å². The molecule has 0 radical (unpaired) electrons. The fourth-order valence-corrected chi connectivity index (χ4v) is 1.91. The lowest BCUT2D eigenvalue weighted by Crippen LogP contribution is -1.90. The van der Waals surface area contributed by atoms with Crippen LogP contribution in [0.3, 0.4) is 0 Å². The number of nitrogens with zero attached hydrogens (tertiary/aromatic N) is 3. The SMILES string of the molecule is O=[N+]([O-])c1ccc(O)c(C=Nc2ccc3nc[nH]c3c2)c1. The van der Waals surface area contributed by atoms with E-state index in [0.29, 0.717) is 5.69 Å². The predicted octanol–water partition coefficient (Wildman–Crippen LogP) is 2.93. The molecule has 21 heavy (non-hydrogen) atoms. The van der Waals surface area contributed by atoms with Crippen molar-refractivity contribution in [2.75, 3.05) is 0 Å². The zero-order valence-electron chi connectivity index (χ0n) is 10.7. The minimum Gasteiger partial charge on any atom is -0.507 e. The second kappa shape index (κ2) is 5.04. The van der Waals surface area contributed by atoms with E-state index in [-0.39, 0.29) is 17.0 Å². The van der Waals surface area contributed by atoms with Gasteiger partial charge in [-0.15, -0.1) is 0 Å². The molecule has 7 heteroatoms. The summed E-state index contributed by atoms with van der Waals surface area (Å²) in [6.07, 6.45) is 2.98. The third-order valence-corrected chi connectivity index (χ3v) is 2.98. The number of hydrogen-bond acceptors (Lipinski definition) is 5. The number of imidazole rings is 1. The Morgan fingerprint density at radius 3 is 2.95 bits per heavy atom. The molecule has 1 aromatic heterocycles. The van der Waals surface area contributed by atoms with Crippen LogP contribution in [0.1, 0.15) is 5.56 Å². The Hall–Kier alpha value is -3.22. The van der Waals surface area contributed by atoms with Crippen LogP contribution in [0.4, 0.5) is 11.4 Å². The summed E-state index contributed by atoms with van der Waals surface area (Å²) in [4.78, 5) is 21.5. The number of aromatic amines is 1. The van der Waals surface area contributed by atoms with Crippen molar-refractivity contribution in [2.45, 2.75) is 0 Å². The second-order valence-electron chi connectivity index (χ2n) is 4.36. The van der Waals surface area contributed by atoms with Crippen molar-refractivity contribution >= 4 is 28.6 Å². The lowest BCUT2D eigenvalue weighted by atomic mass is 10.2. The number of hydrogen-bond donors (Lipinski definition) is 2. The van der Waals surface area contributed by atoms with Crippen LogP contribution >= 0.6 is 0 Å². The first-order chi connectivity index (χ1) is 10.1. The van der Waals surface area contributed by atoms with Gasteiger partial charge in [0, 0.05) is 23.9 Å². The summed E-state index contributed by atoms with van der Waals surface area (Å²) in [5.74, 6) is -0.0630. The van der Waals surface area contributed by atoms with Gasteiger partial charge in [-0.2, -0.15) is 0 Å². The van der Waals surface area contributed by atoms with Gasteiger partial charge in [-0.1, -0.05) is 0 Å². The summed E-state index contributed by atoms with van der Waals surface area (Å²) >= 11 is 0. The maximum atomic E-state index is 10.7. The van der Waals surface area contributed by atoms with Crippen molar-refractivity contribution in [3.05, 3.63) is 58.4 Å². The molecule has 2 N–H and O–H groups in total. The molecule has 0 atom stereocenters. The Morgan fingerprint density at radius 1 is 1.29 bits per heavy atom. The van der Waals surface area contributed by atoms with Crippen LogP contribution in [0.2, 0.25) is 0 Å². The Balaban J connectivity index is 1.94. The van der Waals surface area contributed by atoms with E-state index in [1.165, 1.54) is 24.4 Å². The van der Waals surface area contributed by atoms with Gasteiger partial charge in [-0.25, -0.2) is 4.98 Å². The summed E-state index contributed by atoms with van der Waals surface area (Å²) < 4.78 is 0. The summed E-state index contributed by atoms with van der Waals surface area (Å²) in [7, 11) is 0. The number of aromatic hydroxyl groups is 1. The maximum absolute atomic E-state index is 10.7. The largest absolute Gasteiger partial charge is 0.507 e. The van der Waals surface area contributed by atoms with E-state index in [1.807, 2.05) is 6.07 Å². The van der Waals surface area contributed by atoms with Gasteiger partial charge in [0.25, 0.3) is 5.69 Å². The molecule has 7 nitrogen and oxygen atoms in total. The van der Waals surface area contributed by atoms with E-state index in [0.717, 1.165) is 11.0 Å². The van der Waals surface area contributed by atoms with Gasteiger partial charge in [0.05, 0.1) is 28.0 Å². The molecule has 1 heterocycles. The first-order valence-electron chi connectivity index (χ1n) is 6.08. The van der Waals surface area contributed by atoms with E-state index < -0.39 is 4.92 Å². The van der Waals surface area contributed by atoms with E-state index in [1.54, 1.807) is 18.5 Å². The Bertz CT molecular complexity index is 854. The number of non-ortho nitro benzene ring substituents is 1. The van der Waals surface area contributed by atoms with Crippen LogP contribution in [0.25, 0.3) is 11.0 Å². The first kappa shape index (κ1) is 12.8. The molecule has 0 aliphatic heterocycles. The number of aliphatic imine (C=N–C) groups is 1. The summed E-state index contributed by atoms with van der Waals surface area (Å²) in [6, 6.07) is 9.17. The molecule has 0 unspecified atom stereocenters. The van der Waals surface area contributed by atoms with Crippen LogP contribution in [0.15, 0.2) is 47.7 Å². The highest BCUT2D eigenvalue weighted by Gasteiger charge is 2.08. The molecule has 3 rings (SSSR count). The minimum absolute atomic E-state index is 0.0630. The van der Waals surface area contributed by atoms with Crippen molar-refractivity contribution in [3.63, 3.8) is 0 Å². The molecular formula is C14H10N4O3. The van der Waals surface area contributed by atoms with Crippen molar-refractivity contribution in [1.29, 1.82) is 0 Å². The molecule has 3 aromatic rings. The molecule has 0 bridgehead atoms. The van der Waals surface area contributed by atoms with Crippen molar-refractivity contribution < 1.29 is 10.0 Å². The van der Waals surface area contributed by atoms with E-state index in [4.69, 9.17) is 0 Å². The molecule has 0 aliphatic rings. The van der Waals surface area contributed by atoms with Gasteiger partial charge in [-0.05, 0) is 24.3 Å². The number of phenols is 1. The van der Waals surface area contributed by atoms with E-state index in [2.05, 4.69) is 15.0 Å². The minimum atomic E-state index is -0.520. The lowest BCUT2D eigenvalue weighted by Gasteiger charge is -1.99. The smallest absolute Gasteiger partial charge is 0.270 e. The van der Waals surface area contributed by atoms with Crippen LogP contribution in [0, 0.1) is 10.1 Å². The fraction of sp³-hybridized carbons (Fsp3) is 0. The Morgan fingerprint density at radius 2 is 2.14 bits per heavy atom. The number of nitrogens with one attached hydrogen (secondary N) is 1. The van der Waals surface area contributed by atoms with Crippen LogP contribution in [-0.4, -0.2) is 26.2 Å². The average molecular weight is 282 g/mol. The topological polar surface area (TPSA) is 104 Å². The molecule has 0 saturated heterocycles. The number of aromatic nitrogens is 2. The molecule has 0 fully saturated rings. The number of nitro groups is 1. The molecule has 2 aromatic carbocycles. The number of H-pyrrole nitrogens is 1. The molecule has 0 amide bonds. The molecule has 0 spiro atoms. The second-order valence-corrected chi connectivity index (χ2v) is 4.36. The Labute approximate surface area is 118 Å². The van der Waals surface area contributed by atoms with Gasteiger partial charge < -0.3 is 10.1 Å². The highest BCUT2D eigenvalue weighted by atomic mass is 16.6. The summed E-state index contributed by atoms with van der Waals surface area (Å²) in [5, 5.41) is 20.4. The van der Waals surface area contributed by atoms with Crippen molar-refractivity contribution in [3.8, 4) is 5.75 Å². The summed E-state index contributed by atoms with van der Waals surface area (Å²) in [5.41, 5.74) is 2.50. The molecule has 0 aliphatic carbocycles. The number of fused-ring (bicyclic) bond motifs is 1. The number of phenolic OH excluding ortho intramolecular Hbond substituents is 1. The highest BCUT2D eigenvalue weighted by Crippen LogP contribution is 2.23. The Kier molecular flexibility index (Phi) is 3.07. The number of benzene rings is 2. The van der Waals surface area contributed by atoms with Crippen LogP contribution in [0.5, 0.6) is 5.75 Å². The van der Waals surface area contributed by atoms with Gasteiger partial charge in [0.1, 0.15) is 5.75 Å². The first-order valence-corrected chi connectivity index (χ1v) is 6.08. The maximum Gasteiger partial charge on any atom is 0.270 e. The van der Waals surface area contributed by atoms with Gasteiger partial charge in [-0.3, -0.25) is 15.1 Å².